The number of pyridine rings is 1. The van der Waals surface area contributed by atoms with Crippen molar-refractivity contribution in [3.8, 4) is 0 Å². The van der Waals surface area contributed by atoms with Crippen molar-refractivity contribution < 1.29 is 4.79 Å². The SMILES string of the molecule is Cc1cnccc1CNC(=O)[C@@H](N)CC(C)C. The summed E-state index contributed by atoms with van der Waals surface area (Å²) in [7, 11) is 0. The Morgan fingerprint density at radius 2 is 2.24 bits per heavy atom. The zero-order chi connectivity index (χ0) is 12.8. The van der Waals surface area contributed by atoms with E-state index in [-0.39, 0.29) is 5.91 Å². The predicted molar refractivity (Wildman–Crippen MR) is 68.3 cm³/mol. The maximum absolute atomic E-state index is 11.7. The first-order valence-corrected chi connectivity index (χ1v) is 5.93. The van der Waals surface area contributed by atoms with Gasteiger partial charge in [-0.3, -0.25) is 9.78 Å². The van der Waals surface area contributed by atoms with Gasteiger partial charge in [0.1, 0.15) is 0 Å². The fourth-order valence-electron chi connectivity index (χ4n) is 1.63. The van der Waals surface area contributed by atoms with Crippen molar-refractivity contribution in [2.45, 2.75) is 39.8 Å². The molecule has 0 bridgehead atoms. The monoisotopic (exact) mass is 235 g/mol. The van der Waals surface area contributed by atoms with E-state index in [4.69, 9.17) is 5.73 Å². The van der Waals surface area contributed by atoms with Gasteiger partial charge >= 0.3 is 0 Å². The molecule has 0 radical (unpaired) electrons. The molecule has 0 aliphatic heterocycles. The molecule has 1 aromatic rings. The molecule has 17 heavy (non-hydrogen) atoms. The van der Waals surface area contributed by atoms with E-state index in [9.17, 15) is 4.79 Å². The van der Waals surface area contributed by atoms with Gasteiger partial charge in [-0.2, -0.15) is 0 Å². The van der Waals surface area contributed by atoms with Crippen LogP contribution in [0.1, 0.15) is 31.4 Å². The van der Waals surface area contributed by atoms with Crippen molar-refractivity contribution in [3.63, 3.8) is 0 Å². The fourth-order valence-corrected chi connectivity index (χ4v) is 1.63. The molecule has 94 valence electrons. The van der Waals surface area contributed by atoms with Gasteiger partial charge in [-0.15, -0.1) is 0 Å². The molecule has 1 rings (SSSR count). The second-order valence-corrected chi connectivity index (χ2v) is 4.76. The first kappa shape index (κ1) is 13.6. The summed E-state index contributed by atoms with van der Waals surface area (Å²) < 4.78 is 0. The Labute approximate surface area is 103 Å². The highest BCUT2D eigenvalue weighted by molar-refractivity contribution is 5.81. The van der Waals surface area contributed by atoms with Gasteiger partial charge < -0.3 is 11.1 Å². The summed E-state index contributed by atoms with van der Waals surface area (Å²) in [6.07, 6.45) is 4.22. The predicted octanol–water partition coefficient (Wildman–Crippen LogP) is 1.38. The summed E-state index contributed by atoms with van der Waals surface area (Å²) in [6.45, 7) is 6.60. The van der Waals surface area contributed by atoms with Gasteiger partial charge in [-0.1, -0.05) is 13.8 Å². The molecule has 0 saturated carbocycles. The van der Waals surface area contributed by atoms with Gasteiger partial charge in [0.15, 0.2) is 0 Å². The van der Waals surface area contributed by atoms with Crippen molar-refractivity contribution in [3.05, 3.63) is 29.6 Å². The van der Waals surface area contributed by atoms with E-state index < -0.39 is 6.04 Å². The van der Waals surface area contributed by atoms with Crippen LogP contribution in [-0.4, -0.2) is 16.9 Å². The minimum atomic E-state index is -0.419. The molecular weight excluding hydrogens is 214 g/mol. The Morgan fingerprint density at radius 1 is 1.53 bits per heavy atom. The van der Waals surface area contributed by atoms with Crippen LogP contribution in [0.4, 0.5) is 0 Å². The summed E-state index contributed by atoms with van der Waals surface area (Å²) in [5.74, 6) is 0.341. The van der Waals surface area contributed by atoms with Gasteiger partial charge in [0.05, 0.1) is 6.04 Å². The number of carbonyl (C=O) groups is 1. The lowest BCUT2D eigenvalue weighted by atomic mass is 10.0. The van der Waals surface area contributed by atoms with Crippen LogP contribution in [0.3, 0.4) is 0 Å². The lowest BCUT2D eigenvalue weighted by Crippen LogP contribution is -2.41. The maximum atomic E-state index is 11.7. The minimum Gasteiger partial charge on any atom is -0.351 e. The van der Waals surface area contributed by atoms with Crippen molar-refractivity contribution in [2.75, 3.05) is 0 Å². The highest BCUT2D eigenvalue weighted by Gasteiger charge is 2.14. The molecule has 0 aliphatic rings. The molecule has 0 saturated heterocycles. The average molecular weight is 235 g/mol. The van der Waals surface area contributed by atoms with E-state index in [2.05, 4.69) is 24.1 Å². The molecule has 0 spiro atoms. The highest BCUT2D eigenvalue weighted by Crippen LogP contribution is 2.06. The third-order valence-electron chi connectivity index (χ3n) is 2.65. The first-order chi connectivity index (χ1) is 8.00. The molecule has 0 aromatic carbocycles. The number of aromatic nitrogens is 1. The number of rotatable bonds is 5. The second-order valence-electron chi connectivity index (χ2n) is 4.76. The smallest absolute Gasteiger partial charge is 0.237 e. The standard InChI is InChI=1S/C13H21N3O/c1-9(2)6-12(14)13(17)16-8-11-4-5-15-7-10(11)3/h4-5,7,9,12H,6,8,14H2,1-3H3,(H,16,17)/t12-/m0/s1. The number of carbonyl (C=O) groups excluding carboxylic acids is 1. The van der Waals surface area contributed by atoms with Crippen LogP contribution in [0.5, 0.6) is 0 Å². The van der Waals surface area contributed by atoms with Gasteiger partial charge in [-0.25, -0.2) is 0 Å². The number of nitrogens with two attached hydrogens (primary N) is 1. The van der Waals surface area contributed by atoms with Crippen LogP contribution >= 0.6 is 0 Å². The van der Waals surface area contributed by atoms with E-state index in [1.807, 2.05) is 13.0 Å². The highest BCUT2D eigenvalue weighted by atomic mass is 16.2. The largest absolute Gasteiger partial charge is 0.351 e. The van der Waals surface area contributed by atoms with E-state index in [0.29, 0.717) is 18.9 Å². The third kappa shape index (κ3) is 4.53. The molecule has 3 N–H and O–H groups in total. The summed E-state index contributed by atoms with van der Waals surface area (Å²) >= 11 is 0. The average Bonchev–Trinajstić information content (AvgIpc) is 2.26. The minimum absolute atomic E-state index is 0.0880. The Morgan fingerprint density at radius 3 is 2.82 bits per heavy atom. The normalized spacial score (nSPS) is 12.5. The molecular formula is C13H21N3O. The van der Waals surface area contributed by atoms with E-state index in [0.717, 1.165) is 11.1 Å². The number of nitrogens with one attached hydrogen (secondary N) is 1. The van der Waals surface area contributed by atoms with Crippen molar-refractivity contribution in [1.82, 2.24) is 10.3 Å². The van der Waals surface area contributed by atoms with E-state index in [1.165, 1.54) is 0 Å². The quantitative estimate of drug-likeness (QED) is 0.810. The summed E-state index contributed by atoms with van der Waals surface area (Å²) in [5, 5.41) is 2.85. The number of aryl methyl sites for hydroxylation is 1. The topological polar surface area (TPSA) is 68.0 Å². The molecule has 0 unspecified atom stereocenters. The van der Waals surface area contributed by atoms with Crippen LogP contribution in [0, 0.1) is 12.8 Å². The molecule has 1 aromatic heterocycles. The Balaban J connectivity index is 2.46. The molecule has 4 heteroatoms. The van der Waals surface area contributed by atoms with Crippen molar-refractivity contribution in [2.24, 2.45) is 11.7 Å². The second kappa shape index (κ2) is 6.35. The van der Waals surface area contributed by atoms with Crippen molar-refractivity contribution in [1.29, 1.82) is 0 Å². The Hall–Kier alpha value is -1.42. The molecule has 0 aliphatic carbocycles. The molecule has 4 nitrogen and oxygen atoms in total. The van der Waals surface area contributed by atoms with Crippen molar-refractivity contribution >= 4 is 5.91 Å². The zero-order valence-electron chi connectivity index (χ0n) is 10.7. The van der Waals surface area contributed by atoms with Gasteiger partial charge in [0.25, 0.3) is 0 Å². The Kier molecular flexibility index (Phi) is 5.10. The van der Waals surface area contributed by atoms with E-state index in [1.54, 1.807) is 12.4 Å². The van der Waals surface area contributed by atoms with Crippen LogP contribution in [-0.2, 0) is 11.3 Å². The third-order valence-corrected chi connectivity index (χ3v) is 2.65. The Bertz CT molecular complexity index is 377. The van der Waals surface area contributed by atoms with Crippen LogP contribution in [0.2, 0.25) is 0 Å². The molecule has 1 atom stereocenters. The number of amides is 1. The summed E-state index contributed by atoms with van der Waals surface area (Å²) in [5.41, 5.74) is 7.94. The van der Waals surface area contributed by atoms with Crippen LogP contribution < -0.4 is 11.1 Å². The maximum Gasteiger partial charge on any atom is 0.237 e. The van der Waals surface area contributed by atoms with Gasteiger partial charge in [-0.05, 0) is 36.5 Å². The lowest BCUT2D eigenvalue weighted by Gasteiger charge is -2.14. The summed E-state index contributed by atoms with van der Waals surface area (Å²) in [4.78, 5) is 15.7. The molecule has 0 fully saturated rings. The first-order valence-electron chi connectivity index (χ1n) is 5.93. The van der Waals surface area contributed by atoms with Gasteiger partial charge in [0, 0.05) is 18.9 Å². The van der Waals surface area contributed by atoms with Crippen LogP contribution in [0.15, 0.2) is 18.5 Å². The molecule has 1 amide bonds. The molecule has 1 heterocycles. The fraction of sp³-hybridized carbons (Fsp3) is 0.538. The summed E-state index contributed by atoms with van der Waals surface area (Å²) in [6, 6.07) is 1.49. The number of hydrogen-bond acceptors (Lipinski definition) is 3. The number of nitrogens with zero attached hydrogens (tertiary/aromatic N) is 1. The number of hydrogen-bond donors (Lipinski definition) is 2. The van der Waals surface area contributed by atoms with Gasteiger partial charge in [0.2, 0.25) is 5.91 Å². The zero-order valence-corrected chi connectivity index (χ0v) is 10.7. The lowest BCUT2D eigenvalue weighted by molar-refractivity contribution is -0.122. The van der Waals surface area contributed by atoms with Crippen LogP contribution in [0.25, 0.3) is 0 Å². The van der Waals surface area contributed by atoms with E-state index >= 15 is 0 Å².